The molecule has 1 rings (SSSR count). The Bertz CT molecular complexity index is 487. The molecule has 0 unspecified atom stereocenters. The molecule has 0 aromatic heterocycles. The van der Waals surface area contributed by atoms with Crippen LogP contribution in [0.25, 0.3) is 0 Å². The van der Waals surface area contributed by atoms with E-state index >= 15 is 0 Å². The van der Waals surface area contributed by atoms with Gasteiger partial charge < -0.3 is 10.1 Å². The first-order valence-electron chi connectivity index (χ1n) is 5.43. The molecule has 0 aliphatic heterocycles. The van der Waals surface area contributed by atoms with Crippen molar-refractivity contribution in [3.63, 3.8) is 0 Å². The fourth-order valence-corrected chi connectivity index (χ4v) is 1.70. The molecular weight excluding hydrogens is 261 g/mol. The lowest BCUT2D eigenvalue weighted by atomic mass is 10.1. The fraction of sp³-hybridized carbons (Fsp3) is 0.417. The molecule has 106 valence electrons. The van der Waals surface area contributed by atoms with E-state index in [4.69, 9.17) is 4.74 Å². The summed E-state index contributed by atoms with van der Waals surface area (Å²) in [6, 6.07) is 1.67. The van der Waals surface area contributed by atoms with Crippen molar-refractivity contribution in [1.29, 1.82) is 0 Å². The van der Waals surface area contributed by atoms with E-state index in [1.807, 2.05) is 0 Å². The third-order valence-electron chi connectivity index (χ3n) is 2.70. The van der Waals surface area contributed by atoms with Crippen LogP contribution in [0.3, 0.4) is 0 Å². The van der Waals surface area contributed by atoms with Crippen molar-refractivity contribution < 1.29 is 22.7 Å². The van der Waals surface area contributed by atoms with Crippen LogP contribution in [-0.2, 0) is 6.18 Å². The summed E-state index contributed by atoms with van der Waals surface area (Å²) in [6.45, 7) is 1.61. The number of rotatable bonds is 2. The van der Waals surface area contributed by atoms with Crippen LogP contribution in [-0.4, -0.2) is 27.2 Å². The molecule has 0 saturated carbocycles. The molecule has 0 spiro atoms. The zero-order chi connectivity index (χ0) is 14.8. The van der Waals surface area contributed by atoms with Gasteiger partial charge >= 0.3 is 12.2 Å². The first-order chi connectivity index (χ1) is 8.72. The molecule has 19 heavy (non-hydrogen) atoms. The summed E-state index contributed by atoms with van der Waals surface area (Å²) >= 11 is 0. The number of methoxy groups -OCH3 is 1. The topological polar surface area (TPSA) is 41.6 Å². The molecule has 0 bridgehead atoms. The van der Waals surface area contributed by atoms with E-state index < -0.39 is 17.8 Å². The van der Waals surface area contributed by atoms with Crippen LogP contribution in [0, 0.1) is 6.92 Å². The Morgan fingerprint density at radius 3 is 2.37 bits per heavy atom. The molecule has 7 heteroatoms. The van der Waals surface area contributed by atoms with Crippen LogP contribution < -0.4 is 15.0 Å². The van der Waals surface area contributed by atoms with E-state index in [-0.39, 0.29) is 11.4 Å². The lowest BCUT2D eigenvalue weighted by Crippen LogP contribution is -2.35. The number of hydrogen-bond acceptors (Lipinski definition) is 2. The predicted octanol–water partition coefficient (Wildman–Crippen LogP) is 2.80. The van der Waals surface area contributed by atoms with Crippen LogP contribution in [0.2, 0.25) is 0 Å². The number of anilines is 1. The second-order valence-electron chi connectivity index (χ2n) is 3.95. The molecule has 0 aliphatic carbocycles. The molecule has 1 aromatic carbocycles. The van der Waals surface area contributed by atoms with Gasteiger partial charge in [0.05, 0.1) is 12.7 Å². The lowest BCUT2D eigenvalue weighted by Gasteiger charge is -2.22. The van der Waals surface area contributed by atoms with Gasteiger partial charge in [0.25, 0.3) is 0 Å². The van der Waals surface area contributed by atoms with Crippen molar-refractivity contribution >= 4 is 11.7 Å². The van der Waals surface area contributed by atoms with Crippen molar-refractivity contribution in [1.82, 2.24) is 5.32 Å². The van der Waals surface area contributed by atoms with Crippen molar-refractivity contribution in [3.05, 3.63) is 23.3 Å². The highest BCUT2D eigenvalue weighted by Gasteiger charge is 2.35. The van der Waals surface area contributed by atoms with Gasteiger partial charge in [0.2, 0.25) is 0 Å². The summed E-state index contributed by atoms with van der Waals surface area (Å²) in [6.07, 6.45) is -4.54. The van der Waals surface area contributed by atoms with E-state index in [1.54, 1.807) is 6.92 Å². The van der Waals surface area contributed by atoms with Gasteiger partial charge in [-0.3, -0.25) is 4.90 Å². The van der Waals surface area contributed by atoms with E-state index in [9.17, 15) is 18.0 Å². The molecule has 0 saturated heterocycles. The first kappa shape index (κ1) is 15.1. The third kappa shape index (κ3) is 3.10. The Labute approximate surface area is 109 Å². The second-order valence-corrected chi connectivity index (χ2v) is 3.95. The van der Waals surface area contributed by atoms with Gasteiger partial charge in [0, 0.05) is 19.8 Å². The number of halogens is 3. The van der Waals surface area contributed by atoms with Gasteiger partial charge in [-0.2, -0.15) is 13.2 Å². The minimum absolute atomic E-state index is 0.174. The zero-order valence-corrected chi connectivity index (χ0v) is 11.1. The van der Waals surface area contributed by atoms with Gasteiger partial charge in [0.15, 0.2) is 0 Å². The van der Waals surface area contributed by atoms with Crippen LogP contribution in [0.5, 0.6) is 5.75 Å². The molecule has 4 nitrogen and oxygen atoms in total. The summed E-state index contributed by atoms with van der Waals surface area (Å²) in [7, 11) is 3.97. The minimum Gasteiger partial charge on any atom is -0.496 e. The van der Waals surface area contributed by atoms with Crippen molar-refractivity contribution in [2.75, 3.05) is 26.1 Å². The Morgan fingerprint density at radius 2 is 1.95 bits per heavy atom. The van der Waals surface area contributed by atoms with Crippen molar-refractivity contribution in [2.24, 2.45) is 0 Å². The highest BCUT2D eigenvalue weighted by Crippen LogP contribution is 2.39. The molecule has 1 aromatic rings. The van der Waals surface area contributed by atoms with Crippen LogP contribution in [0.15, 0.2) is 12.1 Å². The molecule has 0 radical (unpaired) electrons. The molecular formula is C12H15F3N2O2. The van der Waals surface area contributed by atoms with Gasteiger partial charge in [-0.15, -0.1) is 0 Å². The Balaban J connectivity index is 3.39. The zero-order valence-electron chi connectivity index (χ0n) is 11.1. The van der Waals surface area contributed by atoms with Gasteiger partial charge in [-0.1, -0.05) is 0 Å². The third-order valence-corrected chi connectivity index (χ3v) is 2.70. The monoisotopic (exact) mass is 276 g/mol. The predicted molar refractivity (Wildman–Crippen MR) is 65.6 cm³/mol. The number of amides is 2. The number of carbonyl (C=O) groups excluding carboxylic acids is 1. The Kier molecular flexibility index (Phi) is 4.28. The maximum absolute atomic E-state index is 12.9. The average molecular weight is 276 g/mol. The minimum atomic E-state index is -4.54. The maximum atomic E-state index is 12.9. The number of nitrogens with one attached hydrogen (secondary N) is 1. The summed E-state index contributed by atoms with van der Waals surface area (Å²) in [5.41, 5.74) is -0.227. The molecule has 0 atom stereocenters. The Morgan fingerprint density at radius 1 is 1.37 bits per heavy atom. The summed E-state index contributed by atoms with van der Waals surface area (Å²) in [4.78, 5) is 12.6. The van der Waals surface area contributed by atoms with Crippen LogP contribution in [0.1, 0.15) is 11.1 Å². The molecule has 0 heterocycles. The van der Waals surface area contributed by atoms with Gasteiger partial charge in [-0.25, -0.2) is 4.79 Å². The van der Waals surface area contributed by atoms with Crippen LogP contribution >= 0.6 is 0 Å². The van der Waals surface area contributed by atoms with Crippen molar-refractivity contribution in [2.45, 2.75) is 13.1 Å². The number of benzene rings is 1. The van der Waals surface area contributed by atoms with Crippen molar-refractivity contribution in [3.8, 4) is 5.75 Å². The number of carbonyl (C=O) groups is 1. The van der Waals surface area contributed by atoms with E-state index in [0.717, 1.165) is 11.0 Å². The normalized spacial score (nSPS) is 11.1. The number of urea groups is 1. The smallest absolute Gasteiger partial charge is 0.420 e. The largest absolute Gasteiger partial charge is 0.496 e. The second kappa shape index (κ2) is 5.38. The SMILES string of the molecule is CNC(=O)N(C)c1cc(C(F)(F)F)c(OC)cc1C. The Hall–Kier alpha value is -1.92. The molecule has 0 fully saturated rings. The standard InChI is InChI=1S/C12H15F3N2O2/c1-7-5-10(19-4)8(12(13,14)15)6-9(7)17(3)11(18)16-2/h5-6H,1-4H3,(H,16,18). The molecule has 0 aliphatic rings. The fourth-order valence-electron chi connectivity index (χ4n) is 1.70. The first-order valence-corrected chi connectivity index (χ1v) is 5.43. The number of nitrogens with zero attached hydrogens (tertiary/aromatic N) is 1. The van der Waals surface area contributed by atoms with Gasteiger partial charge in [0.1, 0.15) is 5.75 Å². The number of alkyl halides is 3. The van der Waals surface area contributed by atoms with E-state index in [2.05, 4.69) is 5.32 Å². The summed E-state index contributed by atoms with van der Waals surface area (Å²) in [5.74, 6) is -0.265. The number of aryl methyl sites for hydroxylation is 1. The average Bonchev–Trinajstić information content (AvgIpc) is 2.35. The maximum Gasteiger partial charge on any atom is 0.420 e. The van der Waals surface area contributed by atoms with Gasteiger partial charge in [-0.05, 0) is 24.6 Å². The van der Waals surface area contributed by atoms with Crippen LogP contribution in [0.4, 0.5) is 23.7 Å². The molecule has 1 N–H and O–H groups in total. The highest BCUT2D eigenvalue weighted by atomic mass is 19.4. The number of hydrogen-bond donors (Lipinski definition) is 1. The number of ether oxygens (including phenoxy) is 1. The van der Waals surface area contributed by atoms with E-state index in [1.165, 1.54) is 27.3 Å². The molecule has 2 amide bonds. The quantitative estimate of drug-likeness (QED) is 0.902. The lowest BCUT2D eigenvalue weighted by molar-refractivity contribution is -0.138. The summed E-state index contributed by atoms with van der Waals surface area (Å²) < 4.78 is 43.4. The highest BCUT2D eigenvalue weighted by molar-refractivity contribution is 5.92. The summed E-state index contributed by atoms with van der Waals surface area (Å²) in [5, 5.41) is 2.35. The van der Waals surface area contributed by atoms with E-state index in [0.29, 0.717) is 5.56 Å².